The highest BCUT2D eigenvalue weighted by Gasteiger charge is 2.08. The zero-order valence-electron chi connectivity index (χ0n) is 6.52. The van der Waals surface area contributed by atoms with Crippen LogP contribution in [-0.2, 0) is 5.88 Å². The van der Waals surface area contributed by atoms with E-state index in [-0.39, 0.29) is 11.4 Å². The largest absolute Gasteiger partial charge is 0.263 e. The molecule has 0 bridgehead atoms. The van der Waals surface area contributed by atoms with E-state index in [4.69, 9.17) is 11.6 Å². The zero-order chi connectivity index (χ0) is 9.14. The minimum absolute atomic E-state index is 0.0156. The lowest BCUT2D eigenvalue weighted by molar-refractivity contribution is 0.151. The average molecular weight is 192 g/mol. The van der Waals surface area contributed by atoms with E-state index in [9.17, 15) is 8.78 Å². The first-order valence-corrected chi connectivity index (χ1v) is 3.98. The van der Waals surface area contributed by atoms with Crippen molar-refractivity contribution in [3.63, 3.8) is 0 Å². The summed E-state index contributed by atoms with van der Waals surface area (Å²) in [6.07, 6.45) is -2.45. The van der Waals surface area contributed by atoms with E-state index in [1.165, 1.54) is 12.1 Å². The molecule has 0 aromatic carbocycles. The second-order valence-electron chi connectivity index (χ2n) is 2.47. The summed E-state index contributed by atoms with van der Waals surface area (Å²) in [5.41, 5.74) is 1.05. The van der Waals surface area contributed by atoms with Crippen LogP contribution < -0.4 is 0 Å². The molecule has 0 amide bonds. The van der Waals surface area contributed by atoms with E-state index in [1.54, 1.807) is 6.92 Å². The molecule has 0 fully saturated rings. The van der Waals surface area contributed by atoms with Crippen molar-refractivity contribution in [2.45, 2.75) is 19.2 Å². The number of hydrogen-bond acceptors (Lipinski definition) is 1. The van der Waals surface area contributed by atoms with Crippen molar-refractivity contribution in [1.82, 2.24) is 4.98 Å². The minimum atomic E-state index is -2.45. The Morgan fingerprint density at radius 1 is 1.50 bits per heavy atom. The summed E-state index contributed by atoms with van der Waals surface area (Å²) >= 11 is 5.47. The quantitative estimate of drug-likeness (QED) is 0.655. The van der Waals surface area contributed by atoms with Crippen molar-refractivity contribution in [1.29, 1.82) is 0 Å². The summed E-state index contributed by atoms with van der Waals surface area (Å²) in [7, 11) is 0. The van der Waals surface area contributed by atoms with Crippen LogP contribution in [0.1, 0.15) is 23.4 Å². The number of hydrogen-bond donors (Lipinski definition) is 0. The molecule has 12 heavy (non-hydrogen) atoms. The van der Waals surface area contributed by atoms with Gasteiger partial charge in [-0.3, -0.25) is 4.98 Å². The van der Waals surface area contributed by atoms with Gasteiger partial charge in [0.15, 0.2) is 0 Å². The van der Waals surface area contributed by atoms with E-state index in [1.807, 2.05) is 0 Å². The van der Waals surface area contributed by atoms with Crippen molar-refractivity contribution in [3.8, 4) is 0 Å². The third-order valence-electron chi connectivity index (χ3n) is 1.42. The lowest BCUT2D eigenvalue weighted by Crippen LogP contribution is -1.93. The number of aromatic nitrogens is 1. The van der Waals surface area contributed by atoms with Crippen LogP contribution in [0, 0.1) is 6.92 Å². The standard InChI is InChI=1S/C8H8ClF2N/c1-5-2-6(8(10)11)3-7(4-9)12-5/h2-3,8H,4H2,1H3. The molecule has 0 unspecified atom stereocenters. The Morgan fingerprint density at radius 2 is 2.17 bits per heavy atom. The maximum atomic E-state index is 12.2. The highest BCUT2D eigenvalue weighted by molar-refractivity contribution is 6.16. The molecule has 1 heterocycles. The van der Waals surface area contributed by atoms with E-state index in [0.29, 0.717) is 11.4 Å². The van der Waals surface area contributed by atoms with Gasteiger partial charge in [-0.05, 0) is 19.1 Å². The molecule has 1 nitrogen and oxygen atoms in total. The molecule has 0 spiro atoms. The fourth-order valence-electron chi connectivity index (χ4n) is 0.961. The Hall–Kier alpha value is -0.700. The number of pyridine rings is 1. The van der Waals surface area contributed by atoms with E-state index in [2.05, 4.69) is 4.98 Å². The molecule has 0 atom stereocenters. The van der Waals surface area contributed by atoms with Crippen LogP contribution in [0.2, 0.25) is 0 Å². The van der Waals surface area contributed by atoms with Crippen LogP contribution >= 0.6 is 11.6 Å². The summed E-state index contributed by atoms with van der Waals surface area (Å²) < 4.78 is 24.4. The van der Waals surface area contributed by atoms with E-state index >= 15 is 0 Å². The van der Waals surface area contributed by atoms with E-state index < -0.39 is 6.43 Å². The molecular formula is C8H8ClF2N. The lowest BCUT2D eigenvalue weighted by atomic mass is 10.2. The predicted octanol–water partition coefficient (Wildman–Crippen LogP) is 3.07. The first-order valence-electron chi connectivity index (χ1n) is 3.45. The number of aryl methyl sites for hydroxylation is 1. The third kappa shape index (κ3) is 2.14. The Bertz CT molecular complexity index is 276. The molecule has 0 aliphatic carbocycles. The summed E-state index contributed by atoms with van der Waals surface area (Å²) in [5, 5.41) is 0. The smallest absolute Gasteiger partial charge is 0.257 e. The van der Waals surface area contributed by atoms with Gasteiger partial charge in [0, 0.05) is 11.3 Å². The highest BCUT2D eigenvalue weighted by Crippen LogP contribution is 2.20. The van der Waals surface area contributed by atoms with Gasteiger partial charge >= 0.3 is 0 Å². The molecule has 0 saturated heterocycles. The van der Waals surface area contributed by atoms with Crippen LogP contribution in [-0.4, -0.2) is 4.98 Å². The molecule has 1 aromatic rings. The maximum absolute atomic E-state index is 12.2. The fourth-order valence-corrected chi connectivity index (χ4v) is 1.10. The molecule has 66 valence electrons. The lowest BCUT2D eigenvalue weighted by Gasteiger charge is -2.02. The van der Waals surface area contributed by atoms with Crippen molar-refractivity contribution in [3.05, 3.63) is 29.1 Å². The maximum Gasteiger partial charge on any atom is 0.263 e. The Labute approximate surface area is 74.4 Å². The first kappa shape index (κ1) is 9.39. The van der Waals surface area contributed by atoms with Crippen LogP contribution in [0.3, 0.4) is 0 Å². The summed E-state index contributed by atoms with van der Waals surface area (Å²) in [6.45, 7) is 1.67. The Morgan fingerprint density at radius 3 is 2.67 bits per heavy atom. The Kier molecular flexibility index (Phi) is 2.98. The first-order chi connectivity index (χ1) is 5.63. The van der Waals surface area contributed by atoms with Crippen LogP contribution in [0.4, 0.5) is 8.78 Å². The zero-order valence-corrected chi connectivity index (χ0v) is 7.28. The van der Waals surface area contributed by atoms with E-state index in [0.717, 1.165) is 0 Å². The molecule has 0 saturated carbocycles. The third-order valence-corrected chi connectivity index (χ3v) is 1.69. The number of halogens is 3. The van der Waals surface area contributed by atoms with Crippen molar-refractivity contribution >= 4 is 11.6 Å². The van der Waals surface area contributed by atoms with Gasteiger partial charge in [-0.2, -0.15) is 0 Å². The van der Waals surface area contributed by atoms with Gasteiger partial charge in [0.25, 0.3) is 6.43 Å². The minimum Gasteiger partial charge on any atom is -0.257 e. The normalized spacial score (nSPS) is 10.8. The molecule has 0 radical (unpaired) electrons. The monoisotopic (exact) mass is 191 g/mol. The van der Waals surface area contributed by atoms with Crippen molar-refractivity contribution < 1.29 is 8.78 Å². The molecule has 4 heteroatoms. The molecule has 1 rings (SSSR count). The average Bonchev–Trinajstić information content (AvgIpc) is 2.03. The van der Waals surface area contributed by atoms with Gasteiger partial charge in [-0.25, -0.2) is 8.78 Å². The molecule has 0 N–H and O–H groups in total. The molecule has 0 aliphatic heterocycles. The number of alkyl halides is 3. The van der Waals surface area contributed by atoms with Gasteiger partial charge < -0.3 is 0 Å². The molecule has 1 aromatic heterocycles. The summed E-state index contributed by atoms with van der Waals surface area (Å²) in [5.74, 6) is 0.168. The topological polar surface area (TPSA) is 12.9 Å². The van der Waals surface area contributed by atoms with Crippen LogP contribution in [0.15, 0.2) is 12.1 Å². The van der Waals surface area contributed by atoms with Crippen molar-refractivity contribution in [2.75, 3.05) is 0 Å². The number of rotatable bonds is 2. The number of nitrogens with zero attached hydrogens (tertiary/aromatic N) is 1. The van der Waals surface area contributed by atoms with Gasteiger partial charge in [0.05, 0.1) is 11.6 Å². The predicted molar refractivity (Wildman–Crippen MR) is 43.5 cm³/mol. The highest BCUT2D eigenvalue weighted by atomic mass is 35.5. The van der Waals surface area contributed by atoms with Gasteiger partial charge in [-0.1, -0.05) is 0 Å². The fraction of sp³-hybridized carbons (Fsp3) is 0.375. The second kappa shape index (κ2) is 3.81. The molecular weight excluding hydrogens is 184 g/mol. The summed E-state index contributed by atoms with van der Waals surface area (Å²) in [4.78, 5) is 3.97. The summed E-state index contributed by atoms with van der Waals surface area (Å²) in [6, 6.07) is 2.69. The Balaban J connectivity index is 3.06. The van der Waals surface area contributed by atoms with Gasteiger partial charge in [0.1, 0.15) is 0 Å². The second-order valence-corrected chi connectivity index (χ2v) is 2.73. The van der Waals surface area contributed by atoms with Crippen LogP contribution in [0.5, 0.6) is 0 Å². The van der Waals surface area contributed by atoms with Crippen molar-refractivity contribution in [2.24, 2.45) is 0 Å². The SMILES string of the molecule is Cc1cc(C(F)F)cc(CCl)n1. The van der Waals surface area contributed by atoms with Gasteiger partial charge in [-0.15, -0.1) is 11.6 Å². The van der Waals surface area contributed by atoms with Crippen LogP contribution in [0.25, 0.3) is 0 Å². The van der Waals surface area contributed by atoms with Gasteiger partial charge in [0.2, 0.25) is 0 Å². The molecule has 0 aliphatic rings.